The lowest BCUT2D eigenvalue weighted by Crippen LogP contribution is -2.40. The lowest BCUT2D eigenvalue weighted by atomic mass is 10.0. The largest absolute Gasteiger partial charge is 0.381 e. The fourth-order valence-corrected chi connectivity index (χ4v) is 3.77. The molecule has 2 aromatic rings. The maximum atomic E-state index is 14.2. The Morgan fingerprint density at radius 1 is 1.15 bits per heavy atom. The highest BCUT2D eigenvalue weighted by molar-refractivity contribution is 7.89. The highest BCUT2D eigenvalue weighted by Gasteiger charge is 2.24. The van der Waals surface area contributed by atoms with E-state index in [4.69, 9.17) is 9.88 Å². The Balaban J connectivity index is 1.90. The molecular weight excluding hydrogens is 371 g/mol. The molecule has 1 heterocycles. The van der Waals surface area contributed by atoms with Crippen LogP contribution in [0.2, 0.25) is 0 Å². The highest BCUT2D eigenvalue weighted by Crippen LogP contribution is 2.25. The van der Waals surface area contributed by atoms with Gasteiger partial charge in [0.25, 0.3) is 5.91 Å². The van der Waals surface area contributed by atoms with Crippen LogP contribution in [-0.4, -0.2) is 45.5 Å². The summed E-state index contributed by atoms with van der Waals surface area (Å²) >= 11 is 0. The van der Waals surface area contributed by atoms with Gasteiger partial charge in [-0.25, -0.2) is 17.9 Å². The Morgan fingerprint density at radius 2 is 1.85 bits per heavy atom. The number of sulfonamides is 1. The summed E-state index contributed by atoms with van der Waals surface area (Å²) in [6.07, 6.45) is 1.61. The number of benzene rings is 2. The molecule has 27 heavy (non-hydrogen) atoms. The van der Waals surface area contributed by atoms with Gasteiger partial charge in [0.1, 0.15) is 5.82 Å². The molecule has 6 nitrogen and oxygen atoms in total. The number of carbonyl (C=O) groups is 1. The van der Waals surface area contributed by atoms with E-state index in [0.29, 0.717) is 24.2 Å². The number of nitrogens with zero attached hydrogens (tertiary/aromatic N) is 1. The van der Waals surface area contributed by atoms with Gasteiger partial charge >= 0.3 is 0 Å². The molecule has 1 saturated heterocycles. The first-order valence-corrected chi connectivity index (χ1v) is 10.1. The van der Waals surface area contributed by atoms with E-state index in [1.165, 1.54) is 30.3 Å². The van der Waals surface area contributed by atoms with E-state index < -0.39 is 15.8 Å². The van der Waals surface area contributed by atoms with Crippen molar-refractivity contribution < 1.29 is 22.3 Å². The average molecular weight is 392 g/mol. The predicted molar refractivity (Wildman–Crippen MR) is 99.1 cm³/mol. The summed E-state index contributed by atoms with van der Waals surface area (Å²) in [7, 11) is -2.23. The van der Waals surface area contributed by atoms with Crippen LogP contribution in [-0.2, 0) is 14.8 Å². The highest BCUT2D eigenvalue weighted by atomic mass is 32.2. The van der Waals surface area contributed by atoms with Crippen LogP contribution in [0.4, 0.5) is 4.39 Å². The number of halogens is 1. The van der Waals surface area contributed by atoms with Crippen molar-refractivity contribution in [2.75, 3.05) is 20.2 Å². The minimum absolute atomic E-state index is 0.0706. The molecule has 2 aromatic carbocycles. The zero-order valence-electron chi connectivity index (χ0n) is 14.9. The number of rotatable bonds is 4. The van der Waals surface area contributed by atoms with Gasteiger partial charge in [-0.3, -0.25) is 4.79 Å². The Kier molecular flexibility index (Phi) is 5.59. The van der Waals surface area contributed by atoms with Crippen LogP contribution in [0.25, 0.3) is 11.1 Å². The molecule has 1 amide bonds. The van der Waals surface area contributed by atoms with Gasteiger partial charge in [0, 0.05) is 25.8 Å². The van der Waals surface area contributed by atoms with Crippen molar-refractivity contribution >= 4 is 15.9 Å². The molecule has 0 radical (unpaired) electrons. The SMILES string of the molecule is COC1CCN(C(=O)c2cc(F)cc(-c3cccc(S(N)(=O)=O)c3)c2)CC1. The summed E-state index contributed by atoms with van der Waals surface area (Å²) in [6.45, 7) is 1.09. The van der Waals surface area contributed by atoms with Gasteiger partial charge in [-0.2, -0.15) is 0 Å². The topological polar surface area (TPSA) is 89.7 Å². The Bertz CT molecular complexity index is 954. The summed E-state index contributed by atoms with van der Waals surface area (Å²) in [5.41, 5.74) is 1.10. The van der Waals surface area contributed by atoms with Gasteiger partial charge in [-0.1, -0.05) is 12.1 Å². The average Bonchev–Trinajstić information content (AvgIpc) is 2.66. The van der Waals surface area contributed by atoms with Gasteiger partial charge in [-0.05, 0) is 54.3 Å². The molecule has 8 heteroatoms. The molecule has 0 aromatic heterocycles. The summed E-state index contributed by atoms with van der Waals surface area (Å²) in [4.78, 5) is 14.4. The van der Waals surface area contributed by atoms with Crippen molar-refractivity contribution in [3.8, 4) is 11.1 Å². The number of carbonyl (C=O) groups excluding carboxylic acids is 1. The molecular formula is C19H21FN2O4S. The number of amides is 1. The second kappa shape index (κ2) is 7.75. The van der Waals surface area contributed by atoms with Crippen LogP contribution < -0.4 is 5.14 Å². The van der Waals surface area contributed by atoms with Crippen molar-refractivity contribution in [3.63, 3.8) is 0 Å². The Morgan fingerprint density at radius 3 is 2.48 bits per heavy atom. The quantitative estimate of drug-likeness (QED) is 0.865. The second-order valence-electron chi connectivity index (χ2n) is 6.53. The number of primary sulfonamides is 1. The summed E-state index contributed by atoms with van der Waals surface area (Å²) in [5, 5.41) is 5.16. The maximum Gasteiger partial charge on any atom is 0.253 e. The summed E-state index contributed by atoms with van der Waals surface area (Å²) in [5.74, 6) is -0.823. The smallest absolute Gasteiger partial charge is 0.253 e. The number of hydrogen-bond donors (Lipinski definition) is 1. The van der Waals surface area contributed by atoms with Gasteiger partial charge < -0.3 is 9.64 Å². The minimum Gasteiger partial charge on any atom is -0.381 e. The zero-order valence-corrected chi connectivity index (χ0v) is 15.7. The molecule has 0 saturated carbocycles. The molecule has 0 spiro atoms. The molecule has 144 valence electrons. The number of piperidine rings is 1. The first-order chi connectivity index (χ1) is 12.8. The third-order valence-corrected chi connectivity index (χ3v) is 5.61. The van der Waals surface area contributed by atoms with Crippen molar-refractivity contribution in [1.82, 2.24) is 4.90 Å². The van der Waals surface area contributed by atoms with Crippen LogP contribution in [0.5, 0.6) is 0 Å². The third-order valence-electron chi connectivity index (χ3n) is 4.70. The van der Waals surface area contributed by atoms with Gasteiger partial charge in [-0.15, -0.1) is 0 Å². The lowest BCUT2D eigenvalue weighted by Gasteiger charge is -2.31. The second-order valence-corrected chi connectivity index (χ2v) is 8.09. The first-order valence-electron chi connectivity index (χ1n) is 8.54. The fourth-order valence-electron chi connectivity index (χ4n) is 3.21. The van der Waals surface area contributed by atoms with E-state index in [9.17, 15) is 17.6 Å². The number of nitrogens with two attached hydrogens (primary N) is 1. The van der Waals surface area contributed by atoms with Crippen LogP contribution in [0.1, 0.15) is 23.2 Å². The Hall–Kier alpha value is -2.29. The molecule has 0 aliphatic carbocycles. The zero-order chi connectivity index (χ0) is 19.6. The molecule has 2 N–H and O–H groups in total. The predicted octanol–water partition coefficient (Wildman–Crippen LogP) is 2.39. The van der Waals surface area contributed by atoms with Crippen LogP contribution in [0.15, 0.2) is 47.4 Å². The molecule has 1 aliphatic heterocycles. The number of ether oxygens (including phenoxy) is 1. The molecule has 0 bridgehead atoms. The van der Waals surface area contributed by atoms with Crippen LogP contribution in [0, 0.1) is 5.82 Å². The number of hydrogen-bond acceptors (Lipinski definition) is 4. The van der Waals surface area contributed by atoms with E-state index in [0.717, 1.165) is 12.8 Å². The maximum absolute atomic E-state index is 14.2. The molecule has 0 unspecified atom stereocenters. The van der Waals surface area contributed by atoms with Crippen LogP contribution >= 0.6 is 0 Å². The summed E-state index contributed by atoms with van der Waals surface area (Å²) in [6, 6.07) is 9.91. The first kappa shape index (κ1) is 19.5. The molecule has 1 aliphatic rings. The molecule has 0 atom stereocenters. The number of likely N-dealkylation sites (tertiary alicyclic amines) is 1. The standard InChI is InChI=1S/C19H21FN2O4S/c1-26-17-5-7-22(8-6-17)19(23)15-9-14(10-16(20)11-15)13-3-2-4-18(12-13)27(21,24)25/h2-4,9-12,17H,5-8H2,1H3,(H2,21,24,25). The summed E-state index contributed by atoms with van der Waals surface area (Å²) < 4.78 is 42.6. The van der Waals surface area contributed by atoms with Crippen molar-refractivity contribution in [1.29, 1.82) is 0 Å². The van der Waals surface area contributed by atoms with Crippen LogP contribution in [0.3, 0.4) is 0 Å². The Labute approximate surface area is 157 Å². The normalized spacial score (nSPS) is 15.7. The minimum atomic E-state index is -3.88. The van der Waals surface area contributed by atoms with Gasteiger partial charge in [0.05, 0.1) is 11.0 Å². The van der Waals surface area contributed by atoms with E-state index in [2.05, 4.69) is 0 Å². The molecule has 1 fully saturated rings. The van der Waals surface area contributed by atoms with E-state index in [-0.39, 0.29) is 22.5 Å². The van der Waals surface area contributed by atoms with Gasteiger partial charge in [0.2, 0.25) is 10.0 Å². The van der Waals surface area contributed by atoms with E-state index in [1.54, 1.807) is 24.1 Å². The number of methoxy groups -OCH3 is 1. The van der Waals surface area contributed by atoms with Crippen molar-refractivity contribution in [3.05, 3.63) is 53.8 Å². The third kappa shape index (κ3) is 4.52. The van der Waals surface area contributed by atoms with E-state index in [1.807, 2.05) is 0 Å². The van der Waals surface area contributed by atoms with Gasteiger partial charge in [0.15, 0.2) is 0 Å². The fraction of sp³-hybridized carbons (Fsp3) is 0.316. The van der Waals surface area contributed by atoms with Crippen molar-refractivity contribution in [2.24, 2.45) is 5.14 Å². The molecule has 3 rings (SSSR count). The lowest BCUT2D eigenvalue weighted by molar-refractivity contribution is 0.0350. The monoisotopic (exact) mass is 392 g/mol. The van der Waals surface area contributed by atoms with E-state index >= 15 is 0 Å². The van der Waals surface area contributed by atoms with Crippen molar-refractivity contribution in [2.45, 2.75) is 23.8 Å².